The monoisotopic (exact) mass is 323 g/mol. The number of rotatable bonds is 2. The number of amides is 1. The van der Waals surface area contributed by atoms with Crippen molar-refractivity contribution in [1.82, 2.24) is 14.7 Å². The molecule has 2 aromatic heterocycles. The molecule has 0 spiro atoms. The van der Waals surface area contributed by atoms with Crippen LogP contribution in [0.15, 0.2) is 22.8 Å². The van der Waals surface area contributed by atoms with Crippen molar-refractivity contribution in [2.24, 2.45) is 0 Å². The summed E-state index contributed by atoms with van der Waals surface area (Å²) < 4.78 is 2.76. The van der Waals surface area contributed by atoms with Gasteiger partial charge >= 0.3 is 0 Å². The third-order valence-corrected chi connectivity index (χ3v) is 3.16. The predicted octanol–water partition coefficient (Wildman–Crippen LogP) is 3.19. The molecule has 0 atom stereocenters. The van der Waals surface area contributed by atoms with Gasteiger partial charge < -0.3 is 5.32 Å². The molecule has 1 N–H and O–H groups in total. The van der Waals surface area contributed by atoms with Crippen LogP contribution in [0.25, 0.3) is 5.65 Å². The molecule has 0 fully saturated rings. The summed E-state index contributed by atoms with van der Waals surface area (Å²) in [5, 5.41) is 2.99. The van der Waals surface area contributed by atoms with E-state index < -0.39 is 0 Å². The molecule has 4 nitrogen and oxygen atoms in total. The second-order valence-corrected chi connectivity index (χ2v) is 6.46. The molecule has 5 heteroatoms. The molecule has 0 aromatic carbocycles. The third kappa shape index (κ3) is 2.97. The highest BCUT2D eigenvalue weighted by Gasteiger charge is 2.22. The topological polar surface area (TPSA) is 46.4 Å². The second kappa shape index (κ2) is 4.96. The number of hydrogen-bond donors (Lipinski definition) is 1. The van der Waals surface area contributed by atoms with Gasteiger partial charge in [0.2, 0.25) is 0 Å². The maximum absolute atomic E-state index is 12.4. The molecule has 0 bridgehead atoms. The van der Waals surface area contributed by atoms with E-state index >= 15 is 0 Å². The fourth-order valence-corrected chi connectivity index (χ4v) is 2.29. The van der Waals surface area contributed by atoms with Crippen molar-refractivity contribution in [1.29, 1.82) is 0 Å². The fourth-order valence-electron chi connectivity index (χ4n) is 1.95. The van der Waals surface area contributed by atoms with Crippen molar-refractivity contribution in [2.45, 2.75) is 39.7 Å². The Labute approximate surface area is 121 Å². The summed E-state index contributed by atoms with van der Waals surface area (Å²) in [4.78, 5) is 16.9. The first-order valence-electron chi connectivity index (χ1n) is 6.31. The van der Waals surface area contributed by atoms with E-state index in [9.17, 15) is 4.79 Å². The number of nitrogens with zero attached hydrogens (tertiary/aromatic N) is 2. The van der Waals surface area contributed by atoms with Crippen molar-refractivity contribution in [3.63, 3.8) is 0 Å². The molecule has 19 heavy (non-hydrogen) atoms. The Morgan fingerprint density at radius 1 is 1.42 bits per heavy atom. The van der Waals surface area contributed by atoms with Crippen LogP contribution in [0.2, 0.25) is 0 Å². The molecule has 0 aliphatic heterocycles. The fraction of sp³-hybridized carbons (Fsp3) is 0.429. The van der Waals surface area contributed by atoms with Gasteiger partial charge in [0.05, 0.1) is 5.69 Å². The van der Waals surface area contributed by atoms with E-state index in [2.05, 4.69) is 26.2 Å². The van der Waals surface area contributed by atoms with Gasteiger partial charge in [-0.2, -0.15) is 0 Å². The van der Waals surface area contributed by atoms with Gasteiger partial charge in [0.1, 0.15) is 11.3 Å². The van der Waals surface area contributed by atoms with E-state index in [1.807, 2.05) is 50.4 Å². The summed E-state index contributed by atoms with van der Waals surface area (Å²) >= 11 is 3.43. The van der Waals surface area contributed by atoms with Crippen LogP contribution in [0.4, 0.5) is 0 Å². The molecule has 0 radical (unpaired) electrons. The minimum absolute atomic E-state index is 0.0880. The lowest BCUT2D eigenvalue weighted by molar-refractivity contribution is 0.0912. The summed E-state index contributed by atoms with van der Waals surface area (Å²) in [7, 11) is 0. The lowest BCUT2D eigenvalue weighted by Gasteiger charge is -2.20. The number of pyridine rings is 1. The average Bonchev–Trinajstić information content (AvgIpc) is 2.64. The average molecular weight is 324 g/mol. The van der Waals surface area contributed by atoms with Crippen LogP contribution in [-0.4, -0.2) is 20.8 Å². The Balaban J connectivity index is 2.56. The Hall–Kier alpha value is -1.36. The predicted molar refractivity (Wildman–Crippen MR) is 79.5 cm³/mol. The lowest BCUT2D eigenvalue weighted by atomic mass is 10.1. The van der Waals surface area contributed by atoms with Crippen LogP contribution in [-0.2, 0) is 6.42 Å². The maximum Gasteiger partial charge on any atom is 0.270 e. The normalized spacial score (nSPS) is 11.8. The summed E-state index contributed by atoms with van der Waals surface area (Å²) in [6, 6.07) is 3.82. The molecule has 0 saturated heterocycles. The highest BCUT2D eigenvalue weighted by atomic mass is 79.9. The summed E-state index contributed by atoms with van der Waals surface area (Å²) in [5.41, 5.74) is 1.96. The lowest BCUT2D eigenvalue weighted by Crippen LogP contribution is -2.41. The molecule has 2 heterocycles. The van der Waals surface area contributed by atoms with Gasteiger partial charge in [-0.25, -0.2) is 4.98 Å². The quantitative estimate of drug-likeness (QED) is 0.922. The first-order valence-corrected chi connectivity index (χ1v) is 7.10. The molecule has 0 unspecified atom stereocenters. The van der Waals surface area contributed by atoms with Gasteiger partial charge in [-0.15, -0.1) is 0 Å². The van der Waals surface area contributed by atoms with E-state index in [1.54, 1.807) is 0 Å². The Kier molecular flexibility index (Phi) is 3.67. The van der Waals surface area contributed by atoms with Crippen molar-refractivity contribution >= 4 is 27.5 Å². The number of carbonyl (C=O) groups excluding carboxylic acids is 1. The number of fused-ring (bicyclic) bond motifs is 1. The Morgan fingerprint density at radius 3 is 2.68 bits per heavy atom. The Bertz CT molecular complexity index is 625. The molecular weight excluding hydrogens is 306 g/mol. The van der Waals surface area contributed by atoms with Crippen LogP contribution in [0.5, 0.6) is 0 Å². The number of carbonyl (C=O) groups is 1. The zero-order valence-corrected chi connectivity index (χ0v) is 13.2. The summed E-state index contributed by atoms with van der Waals surface area (Å²) in [5.74, 6) is -0.0880. The number of halogens is 1. The highest BCUT2D eigenvalue weighted by molar-refractivity contribution is 9.10. The maximum atomic E-state index is 12.4. The van der Waals surface area contributed by atoms with E-state index in [0.717, 1.165) is 22.2 Å². The molecule has 102 valence electrons. The van der Waals surface area contributed by atoms with Crippen molar-refractivity contribution < 1.29 is 4.79 Å². The van der Waals surface area contributed by atoms with E-state index in [0.29, 0.717) is 5.69 Å². The van der Waals surface area contributed by atoms with Gasteiger partial charge in [-0.05, 0) is 55.3 Å². The van der Waals surface area contributed by atoms with E-state index in [-0.39, 0.29) is 11.4 Å². The Morgan fingerprint density at radius 2 is 2.11 bits per heavy atom. The van der Waals surface area contributed by atoms with Crippen molar-refractivity contribution in [2.75, 3.05) is 0 Å². The molecule has 0 saturated carbocycles. The second-order valence-electron chi connectivity index (χ2n) is 5.54. The largest absolute Gasteiger partial charge is 0.346 e. The molecule has 1 amide bonds. The summed E-state index contributed by atoms with van der Waals surface area (Å²) in [6.07, 6.45) is 2.60. The smallest absolute Gasteiger partial charge is 0.270 e. The molecule has 2 rings (SSSR count). The SMILES string of the molecule is CCc1nc2ccc(Br)cn2c1C(=O)NC(C)(C)C. The molecule has 2 aromatic rings. The van der Waals surface area contributed by atoms with Crippen LogP contribution < -0.4 is 5.32 Å². The molecule has 0 aliphatic carbocycles. The minimum Gasteiger partial charge on any atom is -0.346 e. The number of aryl methyl sites for hydroxylation is 1. The zero-order chi connectivity index (χ0) is 14.2. The number of aromatic nitrogens is 2. The summed E-state index contributed by atoms with van der Waals surface area (Å²) in [6.45, 7) is 7.91. The van der Waals surface area contributed by atoms with E-state index in [4.69, 9.17) is 0 Å². The number of imidazole rings is 1. The van der Waals surface area contributed by atoms with Crippen LogP contribution in [0.3, 0.4) is 0 Å². The first-order chi connectivity index (χ1) is 8.81. The van der Waals surface area contributed by atoms with Crippen LogP contribution in [0, 0.1) is 0 Å². The zero-order valence-electron chi connectivity index (χ0n) is 11.6. The van der Waals surface area contributed by atoms with Crippen molar-refractivity contribution in [3.05, 3.63) is 34.2 Å². The van der Waals surface area contributed by atoms with Crippen LogP contribution in [0.1, 0.15) is 43.9 Å². The van der Waals surface area contributed by atoms with Gasteiger partial charge in [-0.3, -0.25) is 9.20 Å². The first kappa shape index (κ1) is 14.1. The standard InChI is InChI=1S/C14H18BrN3O/c1-5-10-12(13(19)17-14(2,3)4)18-8-9(15)6-7-11(18)16-10/h6-8H,5H2,1-4H3,(H,17,19). The highest BCUT2D eigenvalue weighted by Crippen LogP contribution is 2.18. The van der Waals surface area contributed by atoms with Gasteiger partial charge in [0, 0.05) is 16.2 Å². The van der Waals surface area contributed by atoms with E-state index in [1.165, 1.54) is 0 Å². The van der Waals surface area contributed by atoms with Crippen LogP contribution >= 0.6 is 15.9 Å². The third-order valence-electron chi connectivity index (χ3n) is 2.69. The molecular formula is C14H18BrN3O. The van der Waals surface area contributed by atoms with Crippen molar-refractivity contribution in [3.8, 4) is 0 Å². The number of hydrogen-bond acceptors (Lipinski definition) is 2. The van der Waals surface area contributed by atoms with Gasteiger partial charge in [0.15, 0.2) is 0 Å². The van der Waals surface area contributed by atoms with Gasteiger partial charge in [-0.1, -0.05) is 6.92 Å². The molecule has 0 aliphatic rings. The van der Waals surface area contributed by atoms with Gasteiger partial charge in [0.25, 0.3) is 5.91 Å². The minimum atomic E-state index is -0.266. The number of nitrogens with one attached hydrogen (secondary N) is 1.